The molecule has 3 heteroatoms. The van der Waals surface area contributed by atoms with Gasteiger partial charge in [-0.05, 0) is 31.9 Å². The molecule has 1 saturated heterocycles. The first-order valence-corrected chi connectivity index (χ1v) is 6.00. The van der Waals surface area contributed by atoms with E-state index in [0.29, 0.717) is 0 Å². The van der Waals surface area contributed by atoms with Crippen LogP contribution in [0.4, 0.5) is 0 Å². The van der Waals surface area contributed by atoms with Crippen molar-refractivity contribution in [1.82, 2.24) is 9.88 Å². The quantitative estimate of drug-likeness (QED) is 0.838. The van der Waals surface area contributed by atoms with Crippen LogP contribution in [0.2, 0.25) is 0 Å². The molecule has 0 bridgehead atoms. The van der Waals surface area contributed by atoms with Gasteiger partial charge in [0.15, 0.2) is 0 Å². The lowest BCUT2D eigenvalue weighted by Gasteiger charge is -2.35. The highest BCUT2D eigenvalue weighted by molar-refractivity contribution is 5.03. The fourth-order valence-corrected chi connectivity index (χ4v) is 2.08. The Morgan fingerprint density at radius 1 is 1.38 bits per heavy atom. The highest BCUT2D eigenvalue weighted by atomic mass is 16.3. The van der Waals surface area contributed by atoms with Crippen LogP contribution in [0.5, 0.6) is 0 Å². The van der Waals surface area contributed by atoms with Crippen molar-refractivity contribution in [1.29, 1.82) is 0 Å². The Hall–Kier alpha value is -0.930. The van der Waals surface area contributed by atoms with Crippen molar-refractivity contribution in [3.05, 3.63) is 30.1 Å². The summed E-state index contributed by atoms with van der Waals surface area (Å²) < 4.78 is 0. The average Bonchev–Trinajstić information content (AvgIpc) is 2.29. The first-order valence-electron chi connectivity index (χ1n) is 6.00. The van der Waals surface area contributed by atoms with Crippen molar-refractivity contribution < 1.29 is 5.11 Å². The summed E-state index contributed by atoms with van der Waals surface area (Å²) in [5.74, 6) is 0. The molecule has 16 heavy (non-hydrogen) atoms. The Labute approximate surface area is 97.1 Å². The maximum atomic E-state index is 9.84. The summed E-state index contributed by atoms with van der Waals surface area (Å²) in [6, 6.07) is 6.05. The molecule has 88 valence electrons. The standard InChI is InChI=1S/C13H20N2O/c1-13(16)6-10-15(11-7-13)9-5-12-4-2-3-8-14-12/h2-4,8,16H,5-7,9-11H2,1H3. The number of nitrogens with zero attached hydrogens (tertiary/aromatic N) is 2. The molecule has 0 atom stereocenters. The molecule has 0 aliphatic carbocycles. The number of pyridine rings is 1. The Morgan fingerprint density at radius 2 is 2.12 bits per heavy atom. The van der Waals surface area contributed by atoms with E-state index in [2.05, 4.69) is 16.0 Å². The van der Waals surface area contributed by atoms with Gasteiger partial charge in [-0.1, -0.05) is 6.07 Å². The van der Waals surface area contributed by atoms with Crippen LogP contribution in [0.3, 0.4) is 0 Å². The van der Waals surface area contributed by atoms with Crippen LogP contribution < -0.4 is 0 Å². The fourth-order valence-electron chi connectivity index (χ4n) is 2.08. The highest BCUT2D eigenvalue weighted by Gasteiger charge is 2.26. The molecule has 1 fully saturated rings. The van der Waals surface area contributed by atoms with Crippen molar-refractivity contribution >= 4 is 0 Å². The number of aliphatic hydroxyl groups is 1. The van der Waals surface area contributed by atoms with Crippen molar-refractivity contribution in [3.63, 3.8) is 0 Å². The molecule has 2 rings (SSSR count). The Kier molecular flexibility index (Phi) is 3.56. The van der Waals surface area contributed by atoms with E-state index >= 15 is 0 Å². The SMILES string of the molecule is CC1(O)CCN(CCc2ccccn2)CC1. The maximum Gasteiger partial charge on any atom is 0.0644 e. The molecule has 0 saturated carbocycles. The lowest BCUT2D eigenvalue weighted by Crippen LogP contribution is -2.43. The number of aromatic nitrogens is 1. The molecule has 1 N–H and O–H groups in total. The van der Waals surface area contributed by atoms with Crippen LogP contribution in [-0.2, 0) is 6.42 Å². The van der Waals surface area contributed by atoms with Crippen LogP contribution >= 0.6 is 0 Å². The monoisotopic (exact) mass is 220 g/mol. The zero-order valence-electron chi connectivity index (χ0n) is 9.89. The summed E-state index contributed by atoms with van der Waals surface area (Å²) in [7, 11) is 0. The van der Waals surface area contributed by atoms with Crippen molar-refractivity contribution in [2.45, 2.75) is 31.8 Å². The zero-order chi connectivity index (χ0) is 11.4. The van der Waals surface area contributed by atoms with Crippen LogP contribution in [0.25, 0.3) is 0 Å². The summed E-state index contributed by atoms with van der Waals surface area (Å²) >= 11 is 0. The summed E-state index contributed by atoms with van der Waals surface area (Å²) in [5, 5.41) is 9.84. The summed E-state index contributed by atoms with van der Waals surface area (Å²) in [5.41, 5.74) is 0.710. The molecule has 1 aliphatic heterocycles. The van der Waals surface area contributed by atoms with Gasteiger partial charge in [0.2, 0.25) is 0 Å². The van der Waals surface area contributed by atoms with Gasteiger partial charge in [0, 0.05) is 37.9 Å². The molecule has 3 nitrogen and oxygen atoms in total. The molecule has 0 spiro atoms. The molecule has 0 aromatic carbocycles. The lowest BCUT2D eigenvalue weighted by atomic mass is 9.94. The molecule has 0 unspecified atom stereocenters. The van der Waals surface area contributed by atoms with E-state index in [-0.39, 0.29) is 0 Å². The van der Waals surface area contributed by atoms with Gasteiger partial charge >= 0.3 is 0 Å². The second-order valence-electron chi connectivity index (χ2n) is 4.91. The second kappa shape index (κ2) is 4.93. The van der Waals surface area contributed by atoms with Gasteiger partial charge in [-0.3, -0.25) is 4.98 Å². The predicted octanol–water partition coefficient (Wildman–Crippen LogP) is 1.47. The van der Waals surface area contributed by atoms with E-state index in [4.69, 9.17) is 0 Å². The van der Waals surface area contributed by atoms with E-state index in [1.54, 1.807) is 0 Å². The molecule has 1 aromatic rings. The summed E-state index contributed by atoms with van der Waals surface area (Å²) in [4.78, 5) is 6.73. The molecular formula is C13H20N2O. The third-order valence-electron chi connectivity index (χ3n) is 3.34. The minimum Gasteiger partial charge on any atom is -0.390 e. The van der Waals surface area contributed by atoms with Crippen molar-refractivity contribution in [2.75, 3.05) is 19.6 Å². The summed E-state index contributed by atoms with van der Waals surface area (Å²) in [6.07, 6.45) is 4.61. The first kappa shape index (κ1) is 11.6. The van der Waals surface area contributed by atoms with E-state index in [1.807, 2.05) is 25.3 Å². The van der Waals surface area contributed by atoms with E-state index in [9.17, 15) is 5.11 Å². The molecule has 1 aliphatic rings. The molecular weight excluding hydrogens is 200 g/mol. The smallest absolute Gasteiger partial charge is 0.0644 e. The number of hydrogen-bond donors (Lipinski definition) is 1. The highest BCUT2D eigenvalue weighted by Crippen LogP contribution is 2.20. The Morgan fingerprint density at radius 3 is 2.75 bits per heavy atom. The first-order chi connectivity index (χ1) is 7.66. The van der Waals surface area contributed by atoms with Gasteiger partial charge in [-0.2, -0.15) is 0 Å². The lowest BCUT2D eigenvalue weighted by molar-refractivity contribution is -0.00496. The maximum absolute atomic E-state index is 9.84. The molecule has 0 amide bonds. The van der Waals surface area contributed by atoms with E-state index in [0.717, 1.165) is 44.6 Å². The van der Waals surface area contributed by atoms with Crippen molar-refractivity contribution in [3.8, 4) is 0 Å². The van der Waals surface area contributed by atoms with Crippen LogP contribution in [-0.4, -0.2) is 40.2 Å². The minimum atomic E-state index is -0.443. The molecule has 0 radical (unpaired) electrons. The topological polar surface area (TPSA) is 36.4 Å². The van der Waals surface area contributed by atoms with Crippen LogP contribution in [0.15, 0.2) is 24.4 Å². The normalized spacial score (nSPS) is 20.9. The third-order valence-corrected chi connectivity index (χ3v) is 3.34. The van der Waals surface area contributed by atoms with Gasteiger partial charge in [0.1, 0.15) is 0 Å². The minimum absolute atomic E-state index is 0.443. The number of rotatable bonds is 3. The van der Waals surface area contributed by atoms with Crippen molar-refractivity contribution in [2.24, 2.45) is 0 Å². The Bertz CT molecular complexity index is 314. The molecule has 1 aromatic heterocycles. The zero-order valence-corrected chi connectivity index (χ0v) is 9.89. The third kappa shape index (κ3) is 3.29. The largest absolute Gasteiger partial charge is 0.390 e. The van der Waals surface area contributed by atoms with Gasteiger partial charge in [0.25, 0.3) is 0 Å². The van der Waals surface area contributed by atoms with E-state index in [1.165, 1.54) is 0 Å². The number of hydrogen-bond acceptors (Lipinski definition) is 3. The predicted molar refractivity (Wildman–Crippen MR) is 64.2 cm³/mol. The van der Waals surface area contributed by atoms with Gasteiger partial charge in [-0.15, -0.1) is 0 Å². The van der Waals surface area contributed by atoms with Gasteiger partial charge < -0.3 is 10.0 Å². The fraction of sp³-hybridized carbons (Fsp3) is 0.615. The number of piperidine rings is 1. The van der Waals surface area contributed by atoms with Gasteiger partial charge in [-0.25, -0.2) is 0 Å². The average molecular weight is 220 g/mol. The number of likely N-dealkylation sites (tertiary alicyclic amines) is 1. The summed E-state index contributed by atoms with van der Waals surface area (Å²) in [6.45, 7) is 4.98. The second-order valence-corrected chi connectivity index (χ2v) is 4.91. The van der Waals surface area contributed by atoms with E-state index < -0.39 is 5.60 Å². The Balaban J connectivity index is 1.76. The molecule has 2 heterocycles. The van der Waals surface area contributed by atoms with Gasteiger partial charge in [0.05, 0.1) is 5.60 Å². The van der Waals surface area contributed by atoms with Crippen LogP contribution in [0, 0.1) is 0 Å². The van der Waals surface area contributed by atoms with Crippen LogP contribution in [0.1, 0.15) is 25.5 Å².